The van der Waals surface area contributed by atoms with Gasteiger partial charge in [-0.05, 0) is 37.1 Å². The van der Waals surface area contributed by atoms with Crippen LogP contribution in [0, 0.1) is 23.4 Å². The minimum atomic E-state index is -0.632. The number of nitrogens with zero attached hydrogens (tertiary/aromatic N) is 1. The lowest BCUT2D eigenvalue weighted by molar-refractivity contribution is -0.123. The molecule has 1 fully saturated rings. The average molecular weight is 320 g/mol. The first kappa shape index (κ1) is 15.5. The number of carbonyl (C=O) groups excluding carboxylic acids is 1. The largest absolute Gasteiger partial charge is 0.349 e. The van der Waals surface area contributed by atoms with Crippen molar-refractivity contribution in [1.82, 2.24) is 10.3 Å². The fourth-order valence-electron chi connectivity index (χ4n) is 2.74. The summed E-state index contributed by atoms with van der Waals surface area (Å²) in [5.74, 6) is -2.96. The molecule has 0 bridgehead atoms. The van der Waals surface area contributed by atoms with Crippen molar-refractivity contribution in [2.24, 2.45) is 5.92 Å². The van der Waals surface area contributed by atoms with E-state index in [0.29, 0.717) is 12.0 Å². The van der Waals surface area contributed by atoms with E-state index in [2.05, 4.69) is 10.3 Å². The lowest BCUT2D eigenvalue weighted by atomic mass is 10.1. The van der Waals surface area contributed by atoms with Crippen molar-refractivity contribution in [3.05, 3.63) is 65.2 Å². The molecule has 23 heavy (non-hydrogen) atoms. The van der Waals surface area contributed by atoms with Crippen molar-refractivity contribution in [2.75, 3.05) is 0 Å². The van der Waals surface area contributed by atoms with Crippen LogP contribution in [0.25, 0.3) is 0 Å². The Bertz CT molecular complexity index is 730. The summed E-state index contributed by atoms with van der Waals surface area (Å²) in [6.45, 7) is 1.70. The summed E-state index contributed by atoms with van der Waals surface area (Å²) in [6.07, 6.45) is 2.95. The van der Waals surface area contributed by atoms with E-state index in [4.69, 9.17) is 0 Å². The minimum absolute atomic E-state index is 0.0345. The van der Waals surface area contributed by atoms with Crippen LogP contribution < -0.4 is 5.32 Å². The molecule has 1 aromatic carbocycles. The average Bonchev–Trinajstić information content (AvgIpc) is 3.27. The molecule has 3 rings (SSSR count). The van der Waals surface area contributed by atoms with Gasteiger partial charge in [0.25, 0.3) is 0 Å². The molecule has 0 unspecified atom stereocenters. The highest BCUT2D eigenvalue weighted by Gasteiger charge is 2.46. The van der Waals surface area contributed by atoms with Gasteiger partial charge in [-0.1, -0.05) is 6.07 Å². The van der Waals surface area contributed by atoms with Gasteiger partial charge < -0.3 is 5.32 Å². The maximum atomic E-state index is 13.7. The van der Waals surface area contributed by atoms with Crippen LogP contribution in [-0.2, 0) is 4.79 Å². The lowest BCUT2D eigenvalue weighted by Crippen LogP contribution is -2.28. The smallest absolute Gasteiger partial charge is 0.224 e. The number of rotatable bonds is 4. The highest BCUT2D eigenvalue weighted by Crippen LogP contribution is 2.49. The van der Waals surface area contributed by atoms with Crippen molar-refractivity contribution >= 4 is 5.91 Å². The molecule has 1 aliphatic rings. The maximum Gasteiger partial charge on any atom is 0.224 e. The Kier molecular flexibility index (Phi) is 4.07. The Morgan fingerprint density at radius 1 is 1.26 bits per heavy atom. The molecule has 1 aromatic heterocycles. The maximum absolute atomic E-state index is 13.7. The number of hydrogen-bond acceptors (Lipinski definition) is 2. The minimum Gasteiger partial charge on any atom is -0.349 e. The van der Waals surface area contributed by atoms with Crippen molar-refractivity contribution < 1.29 is 18.0 Å². The highest BCUT2D eigenvalue weighted by molar-refractivity contribution is 5.83. The number of halogens is 3. The number of amides is 1. The molecule has 6 heteroatoms. The number of carbonyl (C=O) groups is 1. The van der Waals surface area contributed by atoms with Gasteiger partial charge in [-0.3, -0.25) is 9.78 Å². The monoisotopic (exact) mass is 320 g/mol. The van der Waals surface area contributed by atoms with Crippen LogP contribution in [0.4, 0.5) is 13.2 Å². The van der Waals surface area contributed by atoms with Gasteiger partial charge in [0.1, 0.15) is 17.5 Å². The normalized spacial score (nSPS) is 20.9. The number of hydrogen-bond donors (Lipinski definition) is 1. The number of pyridine rings is 1. The van der Waals surface area contributed by atoms with E-state index in [-0.39, 0.29) is 11.5 Å². The molecular formula is C17H15F3N2O. The first-order valence-electron chi connectivity index (χ1n) is 7.32. The Hall–Kier alpha value is -2.37. The van der Waals surface area contributed by atoms with Crippen LogP contribution in [0.15, 0.2) is 36.7 Å². The summed E-state index contributed by atoms with van der Waals surface area (Å²) in [6, 6.07) is 4.53. The van der Waals surface area contributed by atoms with Gasteiger partial charge in [0.15, 0.2) is 0 Å². The van der Waals surface area contributed by atoms with Crippen LogP contribution in [0.3, 0.4) is 0 Å². The molecule has 0 radical (unpaired) electrons. The van der Waals surface area contributed by atoms with E-state index in [9.17, 15) is 18.0 Å². The fourth-order valence-corrected chi connectivity index (χ4v) is 2.74. The van der Waals surface area contributed by atoms with E-state index in [0.717, 1.165) is 6.20 Å². The van der Waals surface area contributed by atoms with Crippen LogP contribution in [0.2, 0.25) is 0 Å². The predicted molar refractivity (Wildman–Crippen MR) is 78.0 cm³/mol. The van der Waals surface area contributed by atoms with Crippen LogP contribution in [0.5, 0.6) is 0 Å². The van der Waals surface area contributed by atoms with E-state index < -0.39 is 35.3 Å². The SMILES string of the molecule is C[C@H](NC(=O)[C@@H]1C[C@H]1c1c(F)cccc1F)c1cncc(F)c1. The Balaban J connectivity index is 1.67. The van der Waals surface area contributed by atoms with E-state index in [1.54, 1.807) is 6.92 Å². The van der Waals surface area contributed by atoms with E-state index in [1.807, 2.05) is 0 Å². The van der Waals surface area contributed by atoms with Gasteiger partial charge in [-0.2, -0.15) is 0 Å². The zero-order valence-corrected chi connectivity index (χ0v) is 12.4. The zero-order chi connectivity index (χ0) is 16.6. The summed E-state index contributed by atoms with van der Waals surface area (Å²) in [5.41, 5.74) is 0.500. The lowest BCUT2D eigenvalue weighted by Gasteiger charge is -2.14. The molecule has 1 saturated carbocycles. The predicted octanol–water partition coefficient (Wildman–Crippen LogP) is 3.48. The zero-order valence-electron chi connectivity index (χ0n) is 12.4. The second kappa shape index (κ2) is 6.02. The van der Waals surface area contributed by atoms with Crippen molar-refractivity contribution in [3.63, 3.8) is 0 Å². The Labute approximate surface area is 131 Å². The third-order valence-electron chi connectivity index (χ3n) is 4.08. The van der Waals surface area contributed by atoms with E-state index >= 15 is 0 Å². The highest BCUT2D eigenvalue weighted by atomic mass is 19.1. The van der Waals surface area contributed by atoms with Gasteiger partial charge in [0, 0.05) is 23.6 Å². The molecule has 1 aliphatic carbocycles. The van der Waals surface area contributed by atoms with Gasteiger partial charge in [0.05, 0.1) is 12.2 Å². The number of benzene rings is 1. The summed E-state index contributed by atoms with van der Waals surface area (Å²) >= 11 is 0. The molecule has 0 saturated heterocycles. The summed E-state index contributed by atoms with van der Waals surface area (Å²) in [4.78, 5) is 15.9. The second-order valence-electron chi connectivity index (χ2n) is 5.75. The van der Waals surface area contributed by atoms with Crippen LogP contribution in [0.1, 0.15) is 36.4 Å². The van der Waals surface area contributed by atoms with Crippen LogP contribution >= 0.6 is 0 Å². The van der Waals surface area contributed by atoms with Gasteiger partial charge in [0.2, 0.25) is 5.91 Å². The fraction of sp³-hybridized carbons (Fsp3) is 0.294. The molecule has 0 spiro atoms. The molecule has 3 nitrogen and oxygen atoms in total. The van der Waals surface area contributed by atoms with Crippen molar-refractivity contribution in [3.8, 4) is 0 Å². The van der Waals surface area contributed by atoms with E-state index in [1.165, 1.54) is 30.5 Å². The van der Waals surface area contributed by atoms with Crippen LogP contribution in [-0.4, -0.2) is 10.9 Å². The van der Waals surface area contributed by atoms with Gasteiger partial charge in [-0.15, -0.1) is 0 Å². The quantitative estimate of drug-likeness (QED) is 0.937. The number of nitrogens with one attached hydrogen (secondary N) is 1. The number of aromatic nitrogens is 1. The summed E-state index contributed by atoms with van der Waals surface area (Å²) in [7, 11) is 0. The van der Waals surface area contributed by atoms with Crippen molar-refractivity contribution in [2.45, 2.75) is 25.3 Å². The summed E-state index contributed by atoms with van der Waals surface area (Å²) < 4.78 is 40.6. The molecule has 0 aliphatic heterocycles. The first-order valence-corrected chi connectivity index (χ1v) is 7.32. The molecule has 1 N–H and O–H groups in total. The molecule has 1 amide bonds. The second-order valence-corrected chi connectivity index (χ2v) is 5.75. The topological polar surface area (TPSA) is 42.0 Å². The molecule has 120 valence electrons. The molecule has 2 aromatic rings. The van der Waals surface area contributed by atoms with Crippen molar-refractivity contribution in [1.29, 1.82) is 0 Å². The summed E-state index contributed by atoms with van der Waals surface area (Å²) in [5, 5.41) is 2.73. The third kappa shape index (κ3) is 3.21. The Morgan fingerprint density at radius 3 is 2.61 bits per heavy atom. The first-order chi connectivity index (χ1) is 11.0. The third-order valence-corrected chi connectivity index (χ3v) is 4.08. The molecule has 1 heterocycles. The molecule has 3 atom stereocenters. The standard InChI is InChI=1S/C17H15F3N2O/c1-9(10-5-11(18)8-21-7-10)22-17(23)13-6-12(13)16-14(19)3-2-4-15(16)20/h2-5,7-9,12-13H,6H2,1H3,(H,22,23)/t9-,12+,13+/m0/s1. The van der Waals surface area contributed by atoms with Gasteiger partial charge in [-0.25, -0.2) is 13.2 Å². The molecular weight excluding hydrogens is 305 g/mol. The Morgan fingerprint density at radius 2 is 1.96 bits per heavy atom. The van der Waals surface area contributed by atoms with Gasteiger partial charge >= 0.3 is 0 Å².